The molecule has 0 saturated carbocycles. The third kappa shape index (κ3) is 6.02. The first-order valence-electron chi connectivity index (χ1n) is 6.72. The summed E-state index contributed by atoms with van der Waals surface area (Å²) in [6.07, 6.45) is -0.572. The predicted octanol–water partition coefficient (Wildman–Crippen LogP) is 1.27. The van der Waals surface area contributed by atoms with Crippen LogP contribution in [-0.4, -0.2) is 56.1 Å². The van der Waals surface area contributed by atoms with Crippen LogP contribution in [-0.2, 0) is 4.74 Å². The van der Waals surface area contributed by atoms with E-state index in [9.17, 15) is 5.11 Å². The van der Waals surface area contributed by atoms with Crippen LogP contribution in [0.1, 0.15) is 12.5 Å². The second-order valence-electron chi connectivity index (χ2n) is 4.49. The molecule has 0 saturated heterocycles. The number of nitriles is 1. The third-order valence-electron chi connectivity index (χ3n) is 2.93. The van der Waals surface area contributed by atoms with Crippen LogP contribution in [0.2, 0.25) is 0 Å². The number of nitrogens with zero attached hydrogens (tertiary/aromatic N) is 2. The molecule has 0 aliphatic heterocycles. The standard InChI is InChI=1S/C15H22N2O3/c1-3-17(7-8-19-2)11-14(18)12-20-15-6-4-5-13(9-15)10-16/h4-6,9,14,18H,3,7-8,11-12H2,1-2H3. The van der Waals surface area contributed by atoms with Crippen molar-refractivity contribution in [2.45, 2.75) is 13.0 Å². The number of hydrogen-bond donors (Lipinski definition) is 1. The van der Waals surface area contributed by atoms with Crippen molar-refractivity contribution in [1.82, 2.24) is 4.90 Å². The Hall–Kier alpha value is -1.61. The number of methoxy groups -OCH3 is 1. The van der Waals surface area contributed by atoms with Gasteiger partial charge in [-0.2, -0.15) is 5.26 Å². The van der Waals surface area contributed by atoms with Gasteiger partial charge in [-0.15, -0.1) is 0 Å². The molecule has 1 N–H and O–H groups in total. The number of hydrogen-bond acceptors (Lipinski definition) is 5. The lowest BCUT2D eigenvalue weighted by molar-refractivity contribution is 0.0592. The molecule has 1 rings (SSSR count). The zero-order valence-corrected chi connectivity index (χ0v) is 12.1. The van der Waals surface area contributed by atoms with E-state index < -0.39 is 6.10 Å². The van der Waals surface area contributed by atoms with E-state index in [0.29, 0.717) is 24.5 Å². The van der Waals surface area contributed by atoms with Crippen LogP contribution in [0.5, 0.6) is 5.75 Å². The third-order valence-corrected chi connectivity index (χ3v) is 2.93. The lowest BCUT2D eigenvalue weighted by Gasteiger charge is -2.23. The van der Waals surface area contributed by atoms with Gasteiger partial charge in [0.25, 0.3) is 0 Å². The normalized spacial score (nSPS) is 12.2. The minimum atomic E-state index is -0.572. The first kappa shape index (κ1) is 16.4. The Morgan fingerprint density at radius 3 is 2.90 bits per heavy atom. The molecule has 0 aliphatic rings. The van der Waals surface area contributed by atoms with Gasteiger partial charge in [-0.1, -0.05) is 13.0 Å². The molecule has 0 amide bonds. The quantitative estimate of drug-likeness (QED) is 0.737. The molecule has 0 aromatic heterocycles. The van der Waals surface area contributed by atoms with E-state index in [1.54, 1.807) is 31.4 Å². The average molecular weight is 278 g/mol. The Kier molecular flexibility index (Phi) is 7.66. The Morgan fingerprint density at radius 1 is 1.45 bits per heavy atom. The van der Waals surface area contributed by atoms with Gasteiger partial charge in [0.05, 0.1) is 18.2 Å². The fourth-order valence-corrected chi connectivity index (χ4v) is 1.80. The van der Waals surface area contributed by atoms with Gasteiger partial charge < -0.3 is 14.6 Å². The van der Waals surface area contributed by atoms with Crippen molar-refractivity contribution in [3.8, 4) is 11.8 Å². The largest absolute Gasteiger partial charge is 0.491 e. The Labute approximate surface area is 120 Å². The molecule has 5 heteroatoms. The molecule has 0 fully saturated rings. The molecule has 0 bridgehead atoms. The lowest BCUT2D eigenvalue weighted by Crippen LogP contribution is -2.37. The highest BCUT2D eigenvalue weighted by Gasteiger charge is 2.11. The monoisotopic (exact) mass is 278 g/mol. The van der Waals surface area contributed by atoms with Gasteiger partial charge in [0.1, 0.15) is 18.5 Å². The zero-order chi connectivity index (χ0) is 14.8. The number of benzene rings is 1. The summed E-state index contributed by atoms with van der Waals surface area (Å²) in [5.74, 6) is 0.600. The second-order valence-corrected chi connectivity index (χ2v) is 4.49. The fraction of sp³-hybridized carbons (Fsp3) is 0.533. The highest BCUT2D eigenvalue weighted by Crippen LogP contribution is 2.12. The Morgan fingerprint density at radius 2 is 2.25 bits per heavy atom. The number of ether oxygens (including phenoxy) is 2. The lowest BCUT2D eigenvalue weighted by atomic mass is 10.2. The molecular formula is C15H22N2O3. The number of aliphatic hydroxyl groups is 1. The van der Waals surface area contributed by atoms with E-state index in [1.165, 1.54) is 0 Å². The topological polar surface area (TPSA) is 65.7 Å². The first-order chi connectivity index (χ1) is 9.69. The van der Waals surface area contributed by atoms with E-state index in [0.717, 1.165) is 13.1 Å². The van der Waals surface area contributed by atoms with Crippen molar-refractivity contribution in [3.63, 3.8) is 0 Å². The molecular weight excluding hydrogens is 256 g/mol. The molecule has 1 unspecified atom stereocenters. The summed E-state index contributed by atoms with van der Waals surface area (Å²) in [6, 6.07) is 8.97. The van der Waals surface area contributed by atoms with E-state index >= 15 is 0 Å². The van der Waals surface area contributed by atoms with E-state index in [-0.39, 0.29) is 6.61 Å². The van der Waals surface area contributed by atoms with Crippen molar-refractivity contribution in [2.24, 2.45) is 0 Å². The van der Waals surface area contributed by atoms with Crippen molar-refractivity contribution in [3.05, 3.63) is 29.8 Å². The summed E-state index contributed by atoms with van der Waals surface area (Å²) in [6.45, 7) is 5.07. The maximum atomic E-state index is 9.97. The summed E-state index contributed by atoms with van der Waals surface area (Å²) < 4.78 is 10.5. The maximum Gasteiger partial charge on any atom is 0.120 e. The molecule has 1 aromatic carbocycles. The summed E-state index contributed by atoms with van der Waals surface area (Å²) >= 11 is 0. The van der Waals surface area contributed by atoms with Gasteiger partial charge in [0, 0.05) is 20.2 Å². The summed E-state index contributed by atoms with van der Waals surface area (Å²) in [5.41, 5.74) is 0.548. The van der Waals surface area contributed by atoms with Crippen LogP contribution in [0.15, 0.2) is 24.3 Å². The minimum absolute atomic E-state index is 0.207. The van der Waals surface area contributed by atoms with Crippen molar-refractivity contribution in [1.29, 1.82) is 5.26 Å². The van der Waals surface area contributed by atoms with Gasteiger partial charge in [-0.3, -0.25) is 4.90 Å². The molecule has 1 atom stereocenters. The average Bonchev–Trinajstić information content (AvgIpc) is 2.49. The van der Waals surface area contributed by atoms with Gasteiger partial charge >= 0.3 is 0 Å². The Balaban J connectivity index is 2.38. The molecule has 0 aliphatic carbocycles. The van der Waals surface area contributed by atoms with Gasteiger partial charge in [0.15, 0.2) is 0 Å². The molecule has 0 radical (unpaired) electrons. The maximum absolute atomic E-state index is 9.97. The van der Waals surface area contributed by atoms with Crippen LogP contribution in [0.25, 0.3) is 0 Å². The van der Waals surface area contributed by atoms with E-state index in [2.05, 4.69) is 11.0 Å². The first-order valence-corrected chi connectivity index (χ1v) is 6.72. The fourth-order valence-electron chi connectivity index (χ4n) is 1.80. The SMILES string of the molecule is CCN(CCOC)CC(O)COc1cccc(C#N)c1. The van der Waals surface area contributed by atoms with Crippen molar-refractivity contribution < 1.29 is 14.6 Å². The predicted molar refractivity (Wildman–Crippen MR) is 76.6 cm³/mol. The molecule has 110 valence electrons. The zero-order valence-electron chi connectivity index (χ0n) is 12.1. The van der Waals surface area contributed by atoms with Crippen LogP contribution in [0, 0.1) is 11.3 Å². The minimum Gasteiger partial charge on any atom is -0.491 e. The van der Waals surface area contributed by atoms with Gasteiger partial charge in [-0.25, -0.2) is 0 Å². The van der Waals surface area contributed by atoms with Crippen LogP contribution in [0.3, 0.4) is 0 Å². The smallest absolute Gasteiger partial charge is 0.120 e. The highest BCUT2D eigenvalue weighted by atomic mass is 16.5. The van der Waals surface area contributed by atoms with Gasteiger partial charge in [0.2, 0.25) is 0 Å². The number of aliphatic hydroxyl groups excluding tert-OH is 1. The number of likely N-dealkylation sites (N-methyl/N-ethyl adjacent to an activating group) is 1. The van der Waals surface area contributed by atoms with Crippen molar-refractivity contribution >= 4 is 0 Å². The van der Waals surface area contributed by atoms with E-state index in [4.69, 9.17) is 14.7 Å². The summed E-state index contributed by atoms with van der Waals surface area (Å²) in [4.78, 5) is 2.10. The number of rotatable bonds is 9. The molecule has 1 aromatic rings. The molecule has 20 heavy (non-hydrogen) atoms. The van der Waals surface area contributed by atoms with Crippen LogP contribution >= 0.6 is 0 Å². The van der Waals surface area contributed by atoms with Crippen LogP contribution in [0.4, 0.5) is 0 Å². The highest BCUT2D eigenvalue weighted by molar-refractivity contribution is 5.36. The molecule has 5 nitrogen and oxygen atoms in total. The second kappa shape index (κ2) is 9.32. The summed E-state index contributed by atoms with van der Waals surface area (Å²) in [5, 5.41) is 18.8. The Bertz CT molecular complexity index is 431. The van der Waals surface area contributed by atoms with Crippen LogP contribution < -0.4 is 4.74 Å². The van der Waals surface area contributed by atoms with Crippen molar-refractivity contribution in [2.75, 3.05) is 40.0 Å². The summed E-state index contributed by atoms with van der Waals surface area (Å²) in [7, 11) is 1.66. The van der Waals surface area contributed by atoms with E-state index in [1.807, 2.05) is 6.92 Å². The van der Waals surface area contributed by atoms with Gasteiger partial charge in [-0.05, 0) is 24.7 Å². The molecule has 0 spiro atoms. The molecule has 0 heterocycles.